The first-order valence-corrected chi connectivity index (χ1v) is 8.83. The van der Waals surface area contributed by atoms with Gasteiger partial charge in [0.2, 0.25) is 5.91 Å². The van der Waals surface area contributed by atoms with Crippen molar-refractivity contribution in [1.82, 2.24) is 5.32 Å². The van der Waals surface area contributed by atoms with Gasteiger partial charge in [0, 0.05) is 24.5 Å². The Labute approximate surface area is 145 Å². The van der Waals surface area contributed by atoms with Crippen molar-refractivity contribution in [2.75, 3.05) is 6.61 Å². The van der Waals surface area contributed by atoms with Crippen molar-refractivity contribution in [3.8, 4) is 0 Å². The van der Waals surface area contributed by atoms with E-state index in [4.69, 9.17) is 0 Å². The third kappa shape index (κ3) is 7.70. The number of allylic oxidation sites excluding steroid dienone is 1. The number of amides is 1. The van der Waals surface area contributed by atoms with Crippen molar-refractivity contribution >= 4 is 5.91 Å². The predicted octanol–water partition coefficient (Wildman–Crippen LogP) is 1.51. The quantitative estimate of drug-likeness (QED) is 0.424. The summed E-state index contributed by atoms with van der Waals surface area (Å²) in [4.78, 5) is 12.1. The molecule has 134 valence electrons. The zero-order valence-corrected chi connectivity index (χ0v) is 14.8. The molecule has 5 heteroatoms. The number of pyridine rings is 1. The van der Waals surface area contributed by atoms with Crippen LogP contribution in [0.5, 0.6) is 0 Å². The summed E-state index contributed by atoms with van der Waals surface area (Å²) in [5.41, 5.74) is 1.11. The summed E-state index contributed by atoms with van der Waals surface area (Å²) in [6.45, 7) is 4.82. The Morgan fingerprint density at radius 2 is 2.21 bits per heavy atom. The lowest BCUT2D eigenvalue weighted by atomic mass is 10.1. The van der Waals surface area contributed by atoms with Gasteiger partial charge >= 0.3 is 0 Å². The minimum Gasteiger partial charge on any atom is -0.394 e. The number of carbonyl (C=O) groups excluding carboxylic acids is 1. The molecular formula is C19H31N2O3+. The third-order valence-corrected chi connectivity index (χ3v) is 3.85. The van der Waals surface area contributed by atoms with E-state index in [1.165, 1.54) is 0 Å². The fraction of sp³-hybridized carbons (Fsp3) is 0.579. The number of carbonyl (C=O) groups is 1. The van der Waals surface area contributed by atoms with E-state index in [1.54, 1.807) is 6.08 Å². The van der Waals surface area contributed by atoms with E-state index < -0.39 is 12.1 Å². The molecule has 2 atom stereocenters. The van der Waals surface area contributed by atoms with Gasteiger partial charge in [-0.25, -0.2) is 4.57 Å². The summed E-state index contributed by atoms with van der Waals surface area (Å²) in [5.74, 6) is -0.165. The highest BCUT2D eigenvalue weighted by Gasteiger charge is 2.18. The average molecular weight is 335 g/mol. The Kier molecular flexibility index (Phi) is 9.96. The van der Waals surface area contributed by atoms with Gasteiger partial charge in [0.25, 0.3) is 0 Å². The molecule has 0 radical (unpaired) electrons. The molecular weight excluding hydrogens is 304 g/mol. The van der Waals surface area contributed by atoms with Gasteiger partial charge in [-0.2, -0.15) is 0 Å². The molecule has 0 fully saturated rings. The maximum absolute atomic E-state index is 12.1. The molecule has 0 bridgehead atoms. The molecule has 0 aliphatic heterocycles. The fourth-order valence-corrected chi connectivity index (χ4v) is 2.39. The van der Waals surface area contributed by atoms with Gasteiger partial charge in [-0.15, -0.1) is 0 Å². The van der Waals surface area contributed by atoms with Gasteiger partial charge in [0.1, 0.15) is 6.54 Å². The molecule has 24 heavy (non-hydrogen) atoms. The molecule has 0 aromatic carbocycles. The summed E-state index contributed by atoms with van der Waals surface area (Å²) in [7, 11) is 0. The van der Waals surface area contributed by atoms with Gasteiger partial charge in [0.05, 0.1) is 18.8 Å². The van der Waals surface area contributed by atoms with Crippen molar-refractivity contribution in [2.24, 2.45) is 0 Å². The van der Waals surface area contributed by atoms with Gasteiger partial charge < -0.3 is 15.5 Å². The summed E-state index contributed by atoms with van der Waals surface area (Å²) in [6.07, 6.45) is 10.7. The summed E-state index contributed by atoms with van der Waals surface area (Å²) in [5, 5.41) is 22.0. The molecule has 1 aromatic heterocycles. The number of aliphatic hydroxyl groups is 2. The highest BCUT2D eigenvalue weighted by molar-refractivity contribution is 5.76. The van der Waals surface area contributed by atoms with Gasteiger partial charge in [-0.1, -0.05) is 32.4 Å². The molecule has 1 amide bonds. The molecule has 0 aliphatic rings. The van der Waals surface area contributed by atoms with Gasteiger partial charge in [-0.3, -0.25) is 4.79 Å². The lowest BCUT2D eigenvalue weighted by Crippen LogP contribution is -2.45. The van der Waals surface area contributed by atoms with Crippen molar-refractivity contribution < 1.29 is 19.6 Å². The van der Waals surface area contributed by atoms with Crippen molar-refractivity contribution in [2.45, 2.75) is 64.6 Å². The van der Waals surface area contributed by atoms with E-state index in [1.807, 2.05) is 31.3 Å². The number of hydrogen-bond donors (Lipinski definition) is 3. The Hall–Kier alpha value is -1.72. The first-order valence-electron chi connectivity index (χ1n) is 8.83. The van der Waals surface area contributed by atoms with Crippen molar-refractivity contribution in [3.05, 3.63) is 42.2 Å². The van der Waals surface area contributed by atoms with Crippen LogP contribution >= 0.6 is 0 Å². The van der Waals surface area contributed by atoms with Crippen LogP contribution in [0.2, 0.25) is 0 Å². The van der Waals surface area contributed by atoms with Crippen LogP contribution in [0.15, 0.2) is 36.7 Å². The van der Waals surface area contributed by atoms with Crippen LogP contribution < -0.4 is 9.88 Å². The van der Waals surface area contributed by atoms with E-state index in [0.717, 1.165) is 31.4 Å². The van der Waals surface area contributed by atoms with Gasteiger partial charge in [-0.05, 0) is 18.9 Å². The molecule has 3 N–H and O–H groups in total. The molecule has 1 aromatic rings. The van der Waals surface area contributed by atoms with E-state index in [2.05, 4.69) is 23.0 Å². The number of nitrogens with zero attached hydrogens (tertiary/aromatic N) is 1. The number of aryl methyl sites for hydroxylation is 2. The van der Waals surface area contributed by atoms with E-state index >= 15 is 0 Å². The molecule has 0 saturated heterocycles. The zero-order chi connectivity index (χ0) is 17.8. The summed E-state index contributed by atoms with van der Waals surface area (Å²) >= 11 is 0. The van der Waals surface area contributed by atoms with Crippen LogP contribution in [-0.2, 0) is 17.8 Å². The van der Waals surface area contributed by atoms with Crippen LogP contribution in [0.1, 0.15) is 45.1 Å². The summed E-state index contributed by atoms with van der Waals surface area (Å²) in [6, 6.07) is 3.35. The van der Waals surface area contributed by atoms with Crippen LogP contribution in [0.25, 0.3) is 0 Å². The first kappa shape index (κ1) is 20.3. The molecule has 0 spiro atoms. The zero-order valence-electron chi connectivity index (χ0n) is 14.8. The minimum absolute atomic E-state index is 0.165. The van der Waals surface area contributed by atoms with E-state index in [9.17, 15) is 15.0 Å². The topological polar surface area (TPSA) is 73.4 Å². The number of nitrogens with one attached hydrogen (secondary N) is 1. The van der Waals surface area contributed by atoms with E-state index in [0.29, 0.717) is 12.8 Å². The van der Waals surface area contributed by atoms with E-state index in [-0.39, 0.29) is 12.5 Å². The second-order valence-electron chi connectivity index (χ2n) is 5.99. The molecule has 5 nitrogen and oxygen atoms in total. The fourth-order valence-electron chi connectivity index (χ4n) is 2.39. The molecule has 0 aliphatic carbocycles. The smallest absolute Gasteiger partial charge is 0.220 e. The molecule has 1 heterocycles. The Morgan fingerprint density at radius 3 is 2.88 bits per heavy atom. The number of rotatable bonds is 11. The van der Waals surface area contributed by atoms with Crippen LogP contribution in [0.4, 0.5) is 0 Å². The average Bonchev–Trinajstić information content (AvgIpc) is 2.61. The molecule has 0 saturated carbocycles. The highest BCUT2D eigenvalue weighted by atomic mass is 16.3. The predicted molar refractivity (Wildman–Crippen MR) is 94.3 cm³/mol. The monoisotopic (exact) mass is 335 g/mol. The molecule has 1 rings (SSSR count). The standard InChI is InChI=1S/C19H30N2O3/c1-3-5-9-18(23)17(15-22)20-19(24)11-10-16-8-7-13-21(14-16)12-6-4-2/h5,7-9,13-14,17-18,22-23H,3-4,6,10-12,15H2,1-2H3/p+1/b9-5+/t17-,18+/m0/s1. The normalized spacial score (nSPS) is 13.8. The maximum Gasteiger partial charge on any atom is 0.220 e. The Balaban J connectivity index is 2.48. The van der Waals surface area contributed by atoms with Crippen molar-refractivity contribution in [3.63, 3.8) is 0 Å². The number of aromatic nitrogens is 1. The second-order valence-corrected chi connectivity index (χ2v) is 5.99. The number of hydrogen-bond acceptors (Lipinski definition) is 3. The maximum atomic E-state index is 12.1. The Morgan fingerprint density at radius 1 is 1.42 bits per heavy atom. The lowest BCUT2D eigenvalue weighted by molar-refractivity contribution is -0.697. The minimum atomic E-state index is -0.869. The number of aliphatic hydroxyl groups excluding tert-OH is 2. The Bertz CT molecular complexity index is 517. The van der Waals surface area contributed by atoms with Crippen LogP contribution in [0.3, 0.4) is 0 Å². The van der Waals surface area contributed by atoms with Gasteiger partial charge in [0.15, 0.2) is 12.4 Å². The number of unbranched alkanes of at least 4 members (excludes halogenated alkanes) is 1. The molecule has 0 unspecified atom stereocenters. The van der Waals surface area contributed by atoms with Crippen LogP contribution in [-0.4, -0.2) is 34.9 Å². The lowest BCUT2D eigenvalue weighted by Gasteiger charge is -2.19. The second kappa shape index (κ2) is 11.8. The van der Waals surface area contributed by atoms with Crippen molar-refractivity contribution in [1.29, 1.82) is 0 Å². The third-order valence-electron chi connectivity index (χ3n) is 3.85. The summed E-state index contributed by atoms with van der Waals surface area (Å²) < 4.78 is 2.15. The SMILES string of the molecule is CC/C=C/[C@@H](O)[C@H](CO)NC(=O)CCc1ccc[n+](CCCC)c1. The highest BCUT2D eigenvalue weighted by Crippen LogP contribution is 2.02. The first-order chi connectivity index (χ1) is 11.6. The largest absolute Gasteiger partial charge is 0.394 e. The van der Waals surface area contributed by atoms with Crippen LogP contribution in [0, 0.1) is 0 Å².